The second-order valence-corrected chi connectivity index (χ2v) is 2.74. The van der Waals surface area contributed by atoms with Gasteiger partial charge in [-0.2, -0.15) is 0 Å². The number of hydrogen-bond acceptors (Lipinski definition) is 5. The maximum absolute atomic E-state index is 9.76. The van der Waals surface area contributed by atoms with E-state index in [1.807, 2.05) is 0 Å². The van der Waals surface area contributed by atoms with E-state index >= 15 is 0 Å². The Morgan fingerprint density at radius 2 is 2.64 bits per heavy atom. The van der Waals surface area contributed by atoms with Crippen LogP contribution in [-0.2, 0) is 22.7 Å². The molecule has 0 amide bonds. The zero-order chi connectivity index (χ0) is 8.10. The van der Waals surface area contributed by atoms with Gasteiger partial charge in [0.1, 0.15) is 11.6 Å². The first-order valence-corrected chi connectivity index (χ1v) is 3.84. The molecule has 0 aliphatic heterocycles. The minimum absolute atomic E-state index is 0.0637. The second-order valence-electron chi connectivity index (χ2n) is 1.80. The largest absolute Gasteiger partial charge is 0.461 e. The van der Waals surface area contributed by atoms with Crippen LogP contribution in [0.1, 0.15) is 10.7 Å². The molecule has 0 aromatic carbocycles. The molecule has 5 heteroatoms. The van der Waals surface area contributed by atoms with Gasteiger partial charge in [-0.15, -0.1) is 11.3 Å². The number of thiazole rings is 1. The lowest BCUT2D eigenvalue weighted by atomic mass is 10.5. The lowest BCUT2D eigenvalue weighted by molar-refractivity contribution is -0.129. The van der Waals surface area contributed by atoms with Gasteiger partial charge in [0.25, 0.3) is 6.47 Å². The zero-order valence-corrected chi connectivity index (χ0v) is 6.50. The average molecular weight is 173 g/mol. The molecule has 1 aromatic heterocycles. The van der Waals surface area contributed by atoms with Crippen LogP contribution in [0.5, 0.6) is 0 Å². The van der Waals surface area contributed by atoms with Crippen LogP contribution in [0.2, 0.25) is 0 Å². The van der Waals surface area contributed by atoms with Gasteiger partial charge in [0.2, 0.25) is 0 Å². The fraction of sp³-hybridized carbons (Fsp3) is 0.333. The maximum Gasteiger partial charge on any atom is 0.293 e. The van der Waals surface area contributed by atoms with Gasteiger partial charge in [-0.25, -0.2) is 4.98 Å². The minimum atomic E-state index is -0.0637. The van der Waals surface area contributed by atoms with Crippen molar-refractivity contribution in [1.82, 2.24) is 4.98 Å². The van der Waals surface area contributed by atoms with Crippen LogP contribution in [0.4, 0.5) is 0 Å². The van der Waals surface area contributed by atoms with E-state index in [0.29, 0.717) is 17.2 Å². The molecule has 0 fully saturated rings. The number of ether oxygens (including phenoxy) is 1. The molecule has 11 heavy (non-hydrogen) atoms. The highest BCUT2D eigenvalue weighted by molar-refractivity contribution is 7.09. The number of nitrogens with zero attached hydrogens (tertiary/aromatic N) is 1. The van der Waals surface area contributed by atoms with Crippen molar-refractivity contribution in [1.29, 1.82) is 0 Å². The van der Waals surface area contributed by atoms with E-state index in [1.54, 1.807) is 5.38 Å². The summed E-state index contributed by atoms with van der Waals surface area (Å²) in [4.78, 5) is 13.7. The Kier molecular flexibility index (Phi) is 3.00. The van der Waals surface area contributed by atoms with Crippen molar-refractivity contribution < 1.29 is 14.6 Å². The molecule has 0 bridgehead atoms. The number of aliphatic hydroxyl groups excluding tert-OH is 1. The van der Waals surface area contributed by atoms with Crippen molar-refractivity contribution in [3.8, 4) is 0 Å². The lowest BCUT2D eigenvalue weighted by Gasteiger charge is -1.90. The highest BCUT2D eigenvalue weighted by Gasteiger charge is 1.99. The Balaban J connectivity index is 2.50. The van der Waals surface area contributed by atoms with Crippen molar-refractivity contribution in [2.75, 3.05) is 0 Å². The third-order valence-corrected chi connectivity index (χ3v) is 1.92. The van der Waals surface area contributed by atoms with Crippen molar-refractivity contribution >= 4 is 17.8 Å². The zero-order valence-electron chi connectivity index (χ0n) is 5.69. The first kappa shape index (κ1) is 8.16. The third kappa shape index (κ3) is 2.28. The van der Waals surface area contributed by atoms with Gasteiger partial charge in [0, 0.05) is 5.38 Å². The van der Waals surface area contributed by atoms with E-state index in [0.717, 1.165) is 0 Å². The topological polar surface area (TPSA) is 59.4 Å². The van der Waals surface area contributed by atoms with Crippen LogP contribution in [0.15, 0.2) is 5.38 Å². The second kappa shape index (κ2) is 4.05. The molecule has 0 aliphatic carbocycles. The fourth-order valence-corrected chi connectivity index (χ4v) is 1.24. The Bertz CT molecular complexity index is 235. The van der Waals surface area contributed by atoms with Crippen LogP contribution in [-0.4, -0.2) is 16.6 Å². The summed E-state index contributed by atoms with van der Waals surface area (Å²) in [7, 11) is 0. The molecule has 1 rings (SSSR count). The average Bonchev–Trinajstić information content (AvgIpc) is 2.48. The molecule has 0 saturated heterocycles. The van der Waals surface area contributed by atoms with Gasteiger partial charge < -0.3 is 9.84 Å². The molecule has 4 nitrogen and oxygen atoms in total. The predicted molar refractivity (Wildman–Crippen MR) is 38.9 cm³/mol. The number of carbonyl (C=O) groups excluding carboxylic acids is 1. The Hall–Kier alpha value is -0.940. The van der Waals surface area contributed by atoms with E-state index < -0.39 is 0 Å². The number of hydrogen-bond donors (Lipinski definition) is 1. The van der Waals surface area contributed by atoms with Gasteiger partial charge in [0.15, 0.2) is 0 Å². The number of aliphatic hydroxyl groups is 1. The Morgan fingerprint density at radius 1 is 1.82 bits per heavy atom. The van der Waals surface area contributed by atoms with E-state index in [2.05, 4.69) is 9.72 Å². The monoisotopic (exact) mass is 173 g/mol. The lowest BCUT2D eigenvalue weighted by Crippen LogP contribution is -1.90. The summed E-state index contributed by atoms with van der Waals surface area (Å²) >= 11 is 1.34. The van der Waals surface area contributed by atoms with Crippen molar-refractivity contribution in [2.24, 2.45) is 0 Å². The fourth-order valence-electron chi connectivity index (χ4n) is 0.607. The van der Waals surface area contributed by atoms with Gasteiger partial charge >= 0.3 is 0 Å². The van der Waals surface area contributed by atoms with Crippen molar-refractivity contribution in [2.45, 2.75) is 13.2 Å². The molecular weight excluding hydrogens is 166 g/mol. The molecule has 1 aromatic rings. The number of rotatable bonds is 4. The maximum atomic E-state index is 9.76. The molecule has 0 unspecified atom stereocenters. The quantitative estimate of drug-likeness (QED) is 0.665. The standard InChI is InChI=1S/C6H7NO3S/c8-1-6-7-5(3-11-6)2-10-4-9/h3-4,8H,1-2H2. The highest BCUT2D eigenvalue weighted by Crippen LogP contribution is 2.09. The Labute approximate surface area is 67.5 Å². The van der Waals surface area contributed by atoms with E-state index in [-0.39, 0.29) is 13.2 Å². The van der Waals surface area contributed by atoms with Crippen LogP contribution in [0.3, 0.4) is 0 Å². The molecule has 0 aliphatic rings. The highest BCUT2D eigenvalue weighted by atomic mass is 32.1. The van der Waals surface area contributed by atoms with Crippen LogP contribution in [0.25, 0.3) is 0 Å². The van der Waals surface area contributed by atoms with Crippen molar-refractivity contribution in [3.63, 3.8) is 0 Å². The summed E-state index contributed by atoms with van der Waals surface area (Å²) in [5, 5.41) is 11.0. The SMILES string of the molecule is O=COCc1csc(CO)n1. The summed E-state index contributed by atoms with van der Waals surface area (Å²) in [6, 6.07) is 0. The first-order chi connectivity index (χ1) is 5.36. The van der Waals surface area contributed by atoms with Gasteiger partial charge in [-0.1, -0.05) is 0 Å². The van der Waals surface area contributed by atoms with Crippen LogP contribution < -0.4 is 0 Å². The number of aromatic nitrogens is 1. The molecule has 0 saturated carbocycles. The van der Waals surface area contributed by atoms with Crippen molar-refractivity contribution in [3.05, 3.63) is 16.1 Å². The molecule has 0 radical (unpaired) electrons. The summed E-state index contributed by atoms with van der Waals surface area (Å²) in [5.41, 5.74) is 0.672. The molecule has 0 atom stereocenters. The molecule has 0 spiro atoms. The third-order valence-electron chi connectivity index (χ3n) is 1.03. The van der Waals surface area contributed by atoms with E-state index in [9.17, 15) is 4.79 Å². The minimum Gasteiger partial charge on any atom is -0.461 e. The Morgan fingerprint density at radius 3 is 3.18 bits per heavy atom. The summed E-state index contributed by atoms with van der Waals surface area (Å²) in [6.45, 7) is 0.490. The van der Waals surface area contributed by atoms with E-state index in [1.165, 1.54) is 11.3 Å². The van der Waals surface area contributed by atoms with Crippen LogP contribution in [0, 0.1) is 0 Å². The molecule has 60 valence electrons. The van der Waals surface area contributed by atoms with Crippen LogP contribution >= 0.6 is 11.3 Å². The van der Waals surface area contributed by atoms with Gasteiger partial charge in [0.05, 0.1) is 12.3 Å². The summed E-state index contributed by atoms with van der Waals surface area (Å²) in [6.07, 6.45) is 0. The first-order valence-electron chi connectivity index (χ1n) is 2.96. The predicted octanol–water partition coefficient (Wildman–Crippen LogP) is 0.308. The van der Waals surface area contributed by atoms with E-state index in [4.69, 9.17) is 5.11 Å². The molecule has 1 heterocycles. The van der Waals surface area contributed by atoms with Gasteiger partial charge in [-0.05, 0) is 0 Å². The normalized spacial score (nSPS) is 9.55. The molecular formula is C6H7NO3S. The summed E-state index contributed by atoms with van der Waals surface area (Å²) < 4.78 is 4.46. The molecule has 1 N–H and O–H groups in total. The summed E-state index contributed by atoms with van der Waals surface area (Å²) in [5.74, 6) is 0. The smallest absolute Gasteiger partial charge is 0.293 e. The van der Waals surface area contributed by atoms with Gasteiger partial charge in [-0.3, -0.25) is 4.79 Å². The number of carbonyl (C=O) groups is 1.